The van der Waals surface area contributed by atoms with Gasteiger partial charge in [-0.25, -0.2) is 0 Å². The van der Waals surface area contributed by atoms with Crippen molar-refractivity contribution in [2.24, 2.45) is 0 Å². The van der Waals surface area contributed by atoms with E-state index in [1.807, 2.05) is 43.3 Å². The monoisotopic (exact) mass is 322 g/mol. The summed E-state index contributed by atoms with van der Waals surface area (Å²) < 4.78 is 0. The predicted molar refractivity (Wildman–Crippen MR) is 91.9 cm³/mol. The number of rotatable bonds is 4. The summed E-state index contributed by atoms with van der Waals surface area (Å²) in [6.07, 6.45) is 0. The fourth-order valence-corrected chi connectivity index (χ4v) is 2.96. The molecule has 0 saturated carbocycles. The van der Waals surface area contributed by atoms with Crippen LogP contribution in [0.15, 0.2) is 58.3 Å². The second-order valence-corrected chi connectivity index (χ2v) is 6.00. The molecule has 0 radical (unpaired) electrons. The van der Waals surface area contributed by atoms with Crippen LogP contribution in [0.5, 0.6) is 0 Å². The highest BCUT2D eigenvalue weighted by atomic mass is 35.5. The van der Waals surface area contributed by atoms with Crippen LogP contribution in [0, 0.1) is 0 Å². The number of anilines is 1. The van der Waals surface area contributed by atoms with Crippen LogP contribution >= 0.6 is 35.6 Å². The van der Waals surface area contributed by atoms with Crippen LogP contribution in [0.4, 0.5) is 5.69 Å². The van der Waals surface area contributed by atoms with E-state index < -0.39 is 0 Å². The summed E-state index contributed by atoms with van der Waals surface area (Å²) in [4.78, 5) is 2.26. The summed E-state index contributed by atoms with van der Waals surface area (Å²) in [5.41, 5.74) is 0.914. The highest BCUT2D eigenvalue weighted by Crippen LogP contribution is 2.34. The molecule has 0 amide bonds. The number of thiocarbonyl (C=S) groups is 1. The van der Waals surface area contributed by atoms with Crippen molar-refractivity contribution in [3.63, 3.8) is 0 Å². The van der Waals surface area contributed by atoms with E-state index >= 15 is 0 Å². The first kappa shape index (κ1) is 15.2. The first-order valence-electron chi connectivity index (χ1n) is 6.26. The normalized spacial score (nSPS) is 10.1. The van der Waals surface area contributed by atoms with Gasteiger partial charge in [0.05, 0.1) is 5.69 Å². The van der Waals surface area contributed by atoms with Crippen LogP contribution < -0.4 is 10.6 Å². The van der Waals surface area contributed by atoms with Crippen molar-refractivity contribution in [2.75, 3.05) is 11.9 Å². The van der Waals surface area contributed by atoms with Crippen molar-refractivity contribution in [1.29, 1.82) is 0 Å². The molecule has 2 rings (SSSR count). The lowest BCUT2D eigenvalue weighted by Gasteiger charge is -2.13. The Balaban J connectivity index is 2.21. The van der Waals surface area contributed by atoms with E-state index in [9.17, 15) is 0 Å². The van der Waals surface area contributed by atoms with Crippen LogP contribution in [0.25, 0.3) is 0 Å². The van der Waals surface area contributed by atoms with E-state index in [1.54, 1.807) is 11.8 Å². The SMILES string of the molecule is CCNC(=S)Nc1cc(Cl)ccc1Sc1ccccc1. The van der Waals surface area contributed by atoms with Crippen LogP contribution in [-0.2, 0) is 0 Å². The summed E-state index contributed by atoms with van der Waals surface area (Å²) in [6, 6.07) is 16.0. The smallest absolute Gasteiger partial charge is 0.170 e. The third-order valence-corrected chi connectivity index (χ3v) is 4.06. The van der Waals surface area contributed by atoms with E-state index in [2.05, 4.69) is 22.8 Å². The summed E-state index contributed by atoms with van der Waals surface area (Å²) in [5.74, 6) is 0. The van der Waals surface area contributed by atoms with E-state index in [-0.39, 0.29) is 0 Å². The molecule has 5 heteroatoms. The molecule has 2 nitrogen and oxygen atoms in total. The maximum absolute atomic E-state index is 6.07. The molecule has 0 aliphatic carbocycles. The maximum Gasteiger partial charge on any atom is 0.170 e. The van der Waals surface area contributed by atoms with Crippen molar-refractivity contribution in [2.45, 2.75) is 16.7 Å². The lowest BCUT2D eigenvalue weighted by atomic mass is 10.3. The first-order valence-corrected chi connectivity index (χ1v) is 7.86. The number of hydrogen-bond acceptors (Lipinski definition) is 2. The lowest BCUT2D eigenvalue weighted by molar-refractivity contribution is 0.979. The van der Waals surface area contributed by atoms with Crippen molar-refractivity contribution < 1.29 is 0 Å². The molecule has 0 heterocycles. The van der Waals surface area contributed by atoms with Crippen molar-refractivity contribution in [3.05, 3.63) is 53.6 Å². The van der Waals surface area contributed by atoms with Crippen LogP contribution in [0.3, 0.4) is 0 Å². The second-order valence-electron chi connectivity index (χ2n) is 4.04. The van der Waals surface area contributed by atoms with Crippen LogP contribution in [0.2, 0.25) is 5.02 Å². The van der Waals surface area contributed by atoms with Crippen molar-refractivity contribution in [3.8, 4) is 0 Å². The largest absolute Gasteiger partial charge is 0.363 e. The topological polar surface area (TPSA) is 24.1 Å². The molecule has 0 aromatic heterocycles. The fraction of sp³-hybridized carbons (Fsp3) is 0.133. The molecule has 0 aliphatic rings. The van der Waals surface area contributed by atoms with Gasteiger partial charge in [0, 0.05) is 21.4 Å². The average Bonchev–Trinajstić information content (AvgIpc) is 2.43. The lowest BCUT2D eigenvalue weighted by Crippen LogP contribution is -2.28. The number of nitrogens with one attached hydrogen (secondary N) is 2. The molecule has 0 saturated heterocycles. The number of halogens is 1. The van der Waals surface area contributed by atoms with Gasteiger partial charge in [-0.05, 0) is 49.5 Å². The Morgan fingerprint density at radius 3 is 2.65 bits per heavy atom. The summed E-state index contributed by atoms with van der Waals surface area (Å²) in [5, 5.41) is 7.55. The Labute approximate surface area is 133 Å². The minimum atomic E-state index is 0.602. The standard InChI is InChI=1S/C15H15ClN2S2/c1-2-17-15(19)18-13-10-11(16)8-9-14(13)20-12-6-4-3-5-7-12/h3-10H,2H2,1H3,(H2,17,18,19). The Bertz CT molecular complexity index is 588. The van der Waals surface area contributed by atoms with Gasteiger partial charge in [-0.2, -0.15) is 0 Å². The summed E-state index contributed by atoms with van der Waals surface area (Å²) in [6.45, 7) is 2.79. The zero-order valence-corrected chi connectivity index (χ0v) is 13.4. The molecule has 0 spiro atoms. The molecule has 20 heavy (non-hydrogen) atoms. The molecule has 104 valence electrons. The zero-order chi connectivity index (χ0) is 14.4. The predicted octanol–water partition coefficient (Wildman–Crippen LogP) is 4.80. The summed E-state index contributed by atoms with van der Waals surface area (Å²) >= 11 is 13.0. The number of hydrogen-bond donors (Lipinski definition) is 2. The molecule has 0 atom stereocenters. The maximum atomic E-state index is 6.07. The van der Waals surface area contributed by atoms with Crippen molar-refractivity contribution >= 4 is 46.4 Å². The quantitative estimate of drug-likeness (QED) is 0.790. The minimum Gasteiger partial charge on any atom is -0.363 e. The molecule has 2 N–H and O–H groups in total. The summed E-state index contributed by atoms with van der Waals surface area (Å²) in [7, 11) is 0. The molecular formula is C15H15ClN2S2. The third kappa shape index (κ3) is 4.40. The van der Waals surface area contributed by atoms with Gasteiger partial charge in [0.15, 0.2) is 5.11 Å². The molecule has 0 aliphatic heterocycles. The minimum absolute atomic E-state index is 0.602. The van der Waals surface area contributed by atoms with Gasteiger partial charge in [0.2, 0.25) is 0 Å². The molecule has 0 fully saturated rings. The Morgan fingerprint density at radius 1 is 1.20 bits per heavy atom. The van der Waals surface area contributed by atoms with Gasteiger partial charge >= 0.3 is 0 Å². The number of benzene rings is 2. The van der Waals surface area contributed by atoms with Gasteiger partial charge in [0.25, 0.3) is 0 Å². The third-order valence-electron chi connectivity index (χ3n) is 2.50. The molecular weight excluding hydrogens is 308 g/mol. The molecule has 2 aromatic rings. The van der Waals surface area contributed by atoms with Crippen LogP contribution in [0.1, 0.15) is 6.92 Å². The van der Waals surface area contributed by atoms with E-state index in [0.717, 1.165) is 17.1 Å². The molecule has 2 aromatic carbocycles. The van der Waals surface area contributed by atoms with Gasteiger partial charge in [-0.3, -0.25) is 0 Å². The highest BCUT2D eigenvalue weighted by Gasteiger charge is 2.07. The van der Waals surface area contributed by atoms with Gasteiger partial charge in [0.1, 0.15) is 0 Å². The van der Waals surface area contributed by atoms with Gasteiger partial charge in [-0.15, -0.1) is 0 Å². The molecule has 0 bridgehead atoms. The second kappa shape index (κ2) is 7.53. The van der Waals surface area contributed by atoms with Gasteiger partial charge in [-0.1, -0.05) is 41.6 Å². The van der Waals surface area contributed by atoms with E-state index in [4.69, 9.17) is 23.8 Å². The fourth-order valence-electron chi connectivity index (χ4n) is 1.63. The highest BCUT2D eigenvalue weighted by molar-refractivity contribution is 7.99. The Morgan fingerprint density at radius 2 is 1.95 bits per heavy atom. The average molecular weight is 323 g/mol. The van der Waals surface area contributed by atoms with Crippen molar-refractivity contribution in [1.82, 2.24) is 5.32 Å². The van der Waals surface area contributed by atoms with Gasteiger partial charge < -0.3 is 10.6 Å². The first-order chi connectivity index (χ1) is 9.69. The van der Waals surface area contributed by atoms with Crippen LogP contribution in [-0.4, -0.2) is 11.7 Å². The van der Waals surface area contributed by atoms with E-state index in [0.29, 0.717) is 10.1 Å². The molecule has 0 unspecified atom stereocenters. The Hall–Kier alpha value is -1.23. The zero-order valence-electron chi connectivity index (χ0n) is 11.0. The Kier molecular flexibility index (Phi) is 5.71. The van der Waals surface area contributed by atoms with E-state index in [1.165, 1.54) is 4.90 Å².